The monoisotopic (exact) mass is 260 g/mol. The first-order valence-electron chi connectivity index (χ1n) is 6.57. The first-order chi connectivity index (χ1) is 8.79. The Kier molecular flexibility index (Phi) is 4.54. The normalized spacial score (nSPS) is 16.7. The van der Waals surface area contributed by atoms with Gasteiger partial charge in [0, 0.05) is 18.8 Å². The van der Waals surface area contributed by atoms with E-state index < -0.39 is 0 Å². The predicted molar refractivity (Wildman–Crippen MR) is 79.0 cm³/mol. The van der Waals surface area contributed by atoms with Gasteiger partial charge in [0.05, 0.1) is 12.5 Å². The van der Waals surface area contributed by atoms with Crippen molar-refractivity contribution in [2.45, 2.75) is 25.7 Å². The lowest BCUT2D eigenvalue weighted by molar-refractivity contribution is 0.176. The van der Waals surface area contributed by atoms with Crippen LogP contribution in [0.1, 0.15) is 25.7 Å². The molecule has 96 valence electrons. The maximum Gasteiger partial charge on any atom is 0.0640 e. The van der Waals surface area contributed by atoms with Crippen LogP contribution in [0.5, 0.6) is 0 Å². The van der Waals surface area contributed by atoms with E-state index in [1.807, 2.05) is 6.07 Å². The number of hydrogen-bond acceptors (Lipinski definition) is 3. The topological polar surface area (TPSA) is 27.0 Å². The maximum atomic E-state index is 8.80. The van der Waals surface area contributed by atoms with E-state index in [9.17, 15) is 0 Å². The van der Waals surface area contributed by atoms with Gasteiger partial charge in [-0.15, -0.1) is 0 Å². The van der Waals surface area contributed by atoms with Crippen molar-refractivity contribution in [1.29, 1.82) is 5.26 Å². The molecule has 0 amide bonds. The Morgan fingerprint density at radius 1 is 1.28 bits per heavy atom. The van der Waals surface area contributed by atoms with E-state index in [0.717, 1.165) is 18.8 Å². The van der Waals surface area contributed by atoms with Gasteiger partial charge in [0.2, 0.25) is 0 Å². The highest BCUT2D eigenvalue weighted by molar-refractivity contribution is 7.80. The number of para-hydroxylation sites is 1. The lowest BCUT2D eigenvalue weighted by Gasteiger charge is -2.45. The number of hydrogen-bond donors (Lipinski definition) is 1. The zero-order valence-electron chi connectivity index (χ0n) is 10.7. The van der Waals surface area contributed by atoms with E-state index in [2.05, 4.69) is 47.9 Å². The minimum absolute atomic E-state index is 0.369. The van der Waals surface area contributed by atoms with Gasteiger partial charge in [-0.3, -0.25) is 0 Å². The molecule has 3 heteroatoms. The number of benzene rings is 1. The van der Waals surface area contributed by atoms with Crippen LogP contribution in [-0.2, 0) is 0 Å². The van der Waals surface area contributed by atoms with Crippen LogP contribution in [-0.4, -0.2) is 18.8 Å². The quantitative estimate of drug-likeness (QED) is 0.792. The Hall–Kier alpha value is -1.14. The molecule has 0 bridgehead atoms. The number of anilines is 1. The average molecular weight is 260 g/mol. The SMILES string of the molecule is N#CCCN(CC1(CS)CCC1)c1ccccc1. The third-order valence-electron chi connectivity index (χ3n) is 3.89. The van der Waals surface area contributed by atoms with Crippen molar-refractivity contribution in [2.75, 3.05) is 23.7 Å². The molecule has 0 saturated heterocycles. The molecule has 0 aromatic heterocycles. The fourth-order valence-corrected chi connectivity index (χ4v) is 2.99. The van der Waals surface area contributed by atoms with E-state index in [0.29, 0.717) is 11.8 Å². The fraction of sp³-hybridized carbons (Fsp3) is 0.533. The lowest BCUT2D eigenvalue weighted by atomic mass is 9.70. The molecule has 1 aromatic carbocycles. The van der Waals surface area contributed by atoms with Crippen molar-refractivity contribution in [1.82, 2.24) is 0 Å². The van der Waals surface area contributed by atoms with Gasteiger partial charge in [0.15, 0.2) is 0 Å². The summed E-state index contributed by atoms with van der Waals surface area (Å²) in [6, 6.07) is 12.6. The van der Waals surface area contributed by atoms with E-state index in [4.69, 9.17) is 5.26 Å². The highest BCUT2D eigenvalue weighted by atomic mass is 32.1. The van der Waals surface area contributed by atoms with Crippen LogP contribution in [0.2, 0.25) is 0 Å². The third-order valence-corrected chi connectivity index (χ3v) is 4.56. The molecule has 2 nitrogen and oxygen atoms in total. The molecule has 1 fully saturated rings. The Bertz CT molecular complexity index is 401. The van der Waals surface area contributed by atoms with Gasteiger partial charge in [-0.25, -0.2) is 0 Å². The van der Waals surface area contributed by atoms with Crippen LogP contribution < -0.4 is 4.90 Å². The van der Waals surface area contributed by atoms with E-state index in [1.54, 1.807) is 0 Å². The second-order valence-electron chi connectivity index (χ2n) is 5.18. The number of nitriles is 1. The summed E-state index contributed by atoms with van der Waals surface area (Å²) in [6.07, 6.45) is 4.44. The minimum atomic E-state index is 0.369. The van der Waals surface area contributed by atoms with E-state index in [-0.39, 0.29) is 0 Å². The van der Waals surface area contributed by atoms with E-state index in [1.165, 1.54) is 24.9 Å². The Balaban J connectivity index is 2.08. The summed E-state index contributed by atoms with van der Waals surface area (Å²) in [5, 5.41) is 8.80. The average Bonchev–Trinajstić information content (AvgIpc) is 2.38. The van der Waals surface area contributed by atoms with Crippen molar-refractivity contribution in [3.63, 3.8) is 0 Å². The first-order valence-corrected chi connectivity index (χ1v) is 7.21. The molecule has 18 heavy (non-hydrogen) atoms. The smallest absolute Gasteiger partial charge is 0.0640 e. The van der Waals surface area contributed by atoms with Gasteiger partial charge in [0.25, 0.3) is 0 Å². The van der Waals surface area contributed by atoms with Crippen LogP contribution in [0, 0.1) is 16.7 Å². The third kappa shape index (κ3) is 3.00. The van der Waals surface area contributed by atoms with Crippen LogP contribution in [0.4, 0.5) is 5.69 Å². The van der Waals surface area contributed by atoms with Gasteiger partial charge in [0.1, 0.15) is 0 Å². The molecular weight excluding hydrogens is 240 g/mol. The summed E-state index contributed by atoms with van der Waals surface area (Å²) in [6.45, 7) is 1.85. The first kappa shape index (κ1) is 13.3. The van der Waals surface area contributed by atoms with Crippen molar-refractivity contribution in [3.05, 3.63) is 30.3 Å². The molecule has 0 heterocycles. The van der Waals surface area contributed by atoms with Crippen molar-refractivity contribution >= 4 is 18.3 Å². The van der Waals surface area contributed by atoms with Crippen molar-refractivity contribution < 1.29 is 0 Å². The standard InChI is InChI=1S/C15H20N2S/c16-10-5-11-17(14-6-2-1-3-7-14)12-15(13-18)8-4-9-15/h1-3,6-7,18H,4-5,8-9,11-13H2. The Morgan fingerprint density at radius 3 is 2.50 bits per heavy atom. The van der Waals surface area contributed by atoms with Crippen LogP contribution in [0.25, 0.3) is 0 Å². The van der Waals surface area contributed by atoms with Gasteiger partial charge in [-0.2, -0.15) is 17.9 Å². The summed E-state index contributed by atoms with van der Waals surface area (Å²) < 4.78 is 0. The minimum Gasteiger partial charge on any atom is -0.370 e. The number of rotatable bonds is 6. The summed E-state index contributed by atoms with van der Waals surface area (Å²) >= 11 is 4.52. The molecule has 0 aliphatic heterocycles. The zero-order valence-corrected chi connectivity index (χ0v) is 11.6. The lowest BCUT2D eigenvalue weighted by Crippen LogP contribution is -2.44. The molecule has 0 spiro atoms. The largest absolute Gasteiger partial charge is 0.370 e. The molecule has 0 unspecified atom stereocenters. The predicted octanol–water partition coefficient (Wildman–Crippen LogP) is 3.51. The molecule has 1 aliphatic rings. The Labute approximate surface area is 115 Å². The highest BCUT2D eigenvalue weighted by Gasteiger charge is 2.37. The number of nitrogens with zero attached hydrogens (tertiary/aromatic N) is 2. The molecule has 1 aliphatic carbocycles. The van der Waals surface area contributed by atoms with Crippen LogP contribution in [0.3, 0.4) is 0 Å². The fourth-order valence-electron chi connectivity index (χ4n) is 2.57. The highest BCUT2D eigenvalue weighted by Crippen LogP contribution is 2.43. The van der Waals surface area contributed by atoms with Gasteiger partial charge in [-0.05, 0) is 36.1 Å². The summed E-state index contributed by atoms with van der Waals surface area (Å²) in [7, 11) is 0. The van der Waals surface area contributed by atoms with Gasteiger partial charge >= 0.3 is 0 Å². The molecule has 0 atom stereocenters. The summed E-state index contributed by atoms with van der Waals surface area (Å²) in [4.78, 5) is 2.35. The molecule has 1 aromatic rings. The second kappa shape index (κ2) is 6.15. The summed E-state index contributed by atoms with van der Waals surface area (Å²) in [5.74, 6) is 0.947. The molecule has 0 radical (unpaired) electrons. The molecule has 1 saturated carbocycles. The van der Waals surface area contributed by atoms with Crippen LogP contribution in [0.15, 0.2) is 30.3 Å². The molecular formula is C15H20N2S. The maximum absolute atomic E-state index is 8.80. The number of thiol groups is 1. The van der Waals surface area contributed by atoms with Crippen molar-refractivity contribution in [3.8, 4) is 6.07 Å². The van der Waals surface area contributed by atoms with Gasteiger partial charge in [-0.1, -0.05) is 24.6 Å². The van der Waals surface area contributed by atoms with Gasteiger partial charge < -0.3 is 4.90 Å². The van der Waals surface area contributed by atoms with E-state index >= 15 is 0 Å². The summed E-state index contributed by atoms with van der Waals surface area (Å²) in [5.41, 5.74) is 1.59. The Morgan fingerprint density at radius 2 is 2.00 bits per heavy atom. The molecule has 2 rings (SSSR count). The van der Waals surface area contributed by atoms with Crippen molar-refractivity contribution in [2.24, 2.45) is 5.41 Å². The van der Waals surface area contributed by atoms with Crippen LogP contribution >= 0.6 is 12.6 Å². The second-order valence-corrected chi connectivity index (χ2v) is 5.49. The zero-order chi connectivity index (χ0) is 12.8. The molecule has 0 N–H and O–H groups in total.